The van der Waals surface area contributed by atoms with Crippen molar-refractivity contribution in [2.45, 2.75) is 0 Å². The number of nitrogens with zero attached hydrogens (tertiary/aromatic N) is 2. The number of benzene rings is 7. The van der Waals surface area contributed by atoms with Crippen LogP contribution in [0.25, 0.3) is 98.0 Å². The van der Waals surface area contributed by atoms with E-state index in [1.54, 1.807) is 6.07 Å². The van der Waals surface area contributed by atoms with Crippen molar-refractivity contribution in [2.75, 3.05) is 0 Å². The molecule has 0 aliphatic carbocycles. The van der Waals surface area contributed by atoms with Gasteiger partial charge in [0.15, 0.2) is 0 Å². The molecule has 4 heteroatoms. The molecule has 10 rings (SSSR count). The van der Waals surface area contributed by atoms with Crippen molar-refractivity contribution in [2.24, 2.45) is 0 Å². The number of hydrogen-bond acceptors (Lipinski definition) is 4. The van der Waals surface area contributed by atoms with Crippen LogP contribution < -0.4 is 0 Å². The summed E-state index contributed by atoms with van der Waals surface area (Å²) < 4.78 is 216. The van der Waals surface area contributed by atoms with Crippen LogP contribution in [-0.2, 0) is 0 Å². The second kappa shape index (κ2) is 11.7. The number of thiophene rings is 1. The lowest BCUT2D eigenvalue weighted by Gasteiger charge is -2.08. The van der Waals surface area contributed by atoms with E-state index in [1.165, 1.54) is 12.1 Å². The third-order valence-electron chi connectivity index (χ3n) is 7.84. The summed E-state index contributed by atoms with van der Waals surface area (Å²) in [6.45, 7) is 0. The molecule has 50 heavy (non-hydrogen) atoms. The molecule has 3 heterocycles. The minimum Gasteiger partial charge on any atom is -0.455 e. The van der Waals surface area contributed by atoms with Gasteiger partial charge in [-0.05, 0) is 69.2 Å². The van der Waals surface area contributed by atoms with Gasteiger partial charge in [0, 0.05) is 32.0 Å². The maximum Gasteiger partial charge on any atom is 0.143 e. The molecule has 0 amide bonds. The molecule has 234 valence electrons. The summed E-state index contributed by atoms with van der Waals surface area (Å²) in [7, 11) is 0. The highest BCUT2D eigenvalue weighted by Gasteiger charge is 2.16. The summed E-state index contributed by atoms with van der Waals surface area (Å²) in [5, 5.41) is -0.209. The fourth-order valence-electron chi connectivity index (χ4n) is 5.55. The van der Waals surface area contributed by atoms with Gasteiger partial charge in [0.2, 0.25) is 0 Å². The Morgan fingerprint density at radius 2 is 1.14 bits per heavy atom. The average molecular weight is 681 g/mol. The SMILES string of the molecule is [2H]c1c([2H])c([2H])c(-c2c([2H])c([2H])c([2H])c(-c3c([2H])c([2H])c(-c4ccc5sc6c(-c7c([2H])c([2H])c([2H])c(-c8c([2H])c([2H])c([2H])c9c8oc8c([2H])c([2H])c([2H])c([2H])c89)c7[2H])ncnc6c5c4)c([2H])c3[2H])c2[2H])c([2H])c1[2H]. The van der Waals surface area contributed by atoms with E-state index in [4.69, 9.17) is 33.2 Å². The van der Waals surface area contributed by atoms with Crippen LogP contribution in [0.1, 0.15) is 32.9 Å². The molecule has 3 nitrogen and oxygen atoms in total. The Balaban J connectivity index is 1.16. The molecule has 0 aliphatic rings. The molecule has 0 spiro atoms. The Morgan fingerprint density at radius 1 is 0.500 bits per heavy atom. The van der Waals surface area contributed by atoms with Gasteiger partial charge in [-0.25, -0.2) is 9.97 Å². The van der Waals surface area contributed by atoms with E-state index in [-0.39, 0.29) is 43.4 Å². The van der Waals surface area contributed by atoms with Gasteiger partial charge in [-0.2, -0.15) is 0 Å². The van der Waals surface area contributed by atoms with Crippen LogP contribution in [0.2, 0.25) is 0 Å². The van der Waals surface area contributed by atoms with Crippen molar-refractivity contribution >= 4 is 53.6 Å². The van der Waals surface area contributed by atoms with Gasteiger partial charge in [0.1, 0.15) is 17.5 Å². The quantitative estimate of drug-likeness (QED) is 0.182. The first kappa shape index (κ1) is 13.5. The van der Waals surface area contributed by atoms with Crippen LogP contribution in [0, 0.1) is 0 Å². The zero-order chi connectivity index (χ0) is 53.9. The van der Waals surface area contributed by atoms with Crippen molar-refractivity contribution in [3.05, 3.63) is 170 Å². The number of aromatic nitrogens is 2. The first-order chi connectivity index (χ1) is 34.8. The van der Waals surface area contributed by atoms with Crippen LogP contribution >= 0.6 is 11.3 Å². The van der Waals surface area contributed by atoms with Gasteiger partial charge >= 0.3 is 0 Å². The molecule has 0 N–H and O–H groups in total. The van der Waals surface area contributed by atoms with Crippen LogP contribution in [0.5, 0.6) is 0 Å². The first-order valence-corrected chi connectivity index (χ1v) is 15.6. The fourth-order valence-corrected chi connectivity index (χ4v) is 6.68. The Hall–Kier alpha value is -6.36. The molecule has 10 aromatic rings. The Morgan fingerprint density at radius 3 is 1.98 bits per heavy atom. The van der Waals surface area contributed by atoms with Gasteiger partial charge in [-0.15, -0.1) is 11.3 Å². The molecule has 0 atom stereocenters. The van der Waals surface area contributed by atoms with Crippen molar-refractivity contribution in [1.82, 2.24) is 9.97 Å². The second-order valence-corrected chi connectivity index (χ2v) is 11.8. The monoisotopic (exact) mass is 680 g/mol. The minimum absolute atomic E-state index is 0.0842. The van der Waals surface area contributed by atoms with Crippen LogP contribution in [-0.4, -0.2) is 9.97 Å². The third kappa shape index (κ3) is 4.80. The largest absolute Gasteiger partial charge is 0.455 e. The topological polar surface area (TPSA) is 38.9 Å². The molecular weight excluding hydrogens is 629 g/mol. The molecule has 0 fully saturated rings. The van der Waals surface area contributed by atoms with Crippen molar-refractivity contribution in [3.8, 4) is 55.8 Å². The molecule has 0 saturated heterocycles. The smallest absolute Gasteiger partial charge is 0.143 e. The highest BCUT2D eigenvalue weighted by Crippen LogP contribution is 2.41. The standard InChI is InChI=1S/C46H28N2OS/c1-2-9-29(10-3-1)32-11-6-12-33(25-32)30-19-21-31(22-20-30)34-23-24-42-40(27-34)44-46(50-42)43(47-28-48-44)36-14-7-13-35(26-36)37-16-8-17-39-38-15-4-5-18-41(38)49-45(37)39/h1-28H/i1D,2D,3D,4D,5D,6D,7D,8D,9D,10D,11D,12D,13D,14D,15D,16D,17D,18D,19D,20D,21D,22D,25D,26D. The highest BCUT2D eigenvalue weighted by atomic mass is 32.1. The first-order valence-electron chi connectivity index (χ1n) is 26.8. The molecule has 3 aromatic heterocycles. The number of para-hydroxylation sites is 2. The lowest BCUT2D eigenvalue weighted by Crippen LogP contribution is -1.87. The maximum atomic E-state index is 9.55. The van der Waals surface area contributed by atoms with E-state index in [0.717, 1.165) is 17.7 Å². The summed E-state index contributed by atoms with van der Waals surface area (Å²) in [6, 6.07) is -13.1. The lowest BCUT2D eigenvalue weighted by molar-refractivity contribution is 0.670. The highest BCUT2D eigenvalue weighted by molar-refractivity contribution is 7.26. The van der Waals surface area contributed by atoms with E-state index in [1.807, 2.05) is 0 Å². The summed E-state index contributed by atoms with van der Waals surface area (Å²) >= 11 is 1.07. The van der Waals surface area contributed by atoms with E-state index in [0.29, 0.717) is 10.1 Å². The summed E-state index contributed by atoms with van der Waals surface area (Å²) in [5.74, 6) is 0. The summed E-state index contributed by atoms with van der Waals surface area (Å²) in [5.41, 5.74) is -4.67. The lowest BCUT2D eigenvalue weighted by atomic mass is 9.97. The molecule has 0 saturated carbocycles. The zero-order valence-corrected chi connectivity index (χ0v) is 25.8. The molecule has 7 aromatic carbocycles. The van der Waals surface area contributed by atoms with E-state index in [9.17, 15) is 4.11 Å². The van der Waals surface area contributed by atoms with Gasteiger partial charge < -0.3 is 4.42 Å². The predicted octanol–water partition coefficient (Wildman–Crippen LogP) is 13.1. The number of furan rings is 1. The van der Waals surface area contributed by atoms with Gasteiger partial charge in [0.05, 0.1) is 48.8 Å². The molecule has 0 bridgehead atoms. The van der Waals surface area contributed by atoms with Crippen molar-refractivity contribution in [1.29, 1.82) is 0 Å². The third-order valence-corrected chi connectivity index (χ3v) is 9.00. The molecular formula is C46H28N2OS. The van der Waals surface area contributed by atoms with E-state index in [2.05, 4.69) is 9.97 Å². The number of hydrogen-bond donors (Lipinski definition) is 0. The van der Waals surface area contributed by atoms with E-state index < -0.39 is 190 Å². The Bertz CT molecular complexity index is 4210. The molecule has 0 radical (unpaired) electrons. The van der Waals surface area contributed by atoms with Crippen molar-refractivity contribution in [3.63, 3.8) is 0 Å². The van der Waals surface area contributed by atoms with Crippen LogP contribution in [0.15, 0.2) is 174 Å². The van der Waals surface area contributed by atoms with Crippen LogP contribution in [0.3, 0.4) is 0 Å². The number of fused-ring (bicyclic) bond motifs is 6. The minimum atomic E-state index is -0.871. The second-order valence-electron chi connectivity index (χ2n) is 10.7. The average Bonchev–Trinajstić information content (AvgIpc) is 3.96. The summed E-state index contributed by atoms with van der Waals surface area (Å²) in [6.07, 6.45) is 1.10. The predicted molar refractivity (Wildman–Crippen MR) is 209 cm³/mol. The Kier molecular flexibility index (Phi) is 3.15. The van der Waals surface area contributed by atoms with Gasteiger partial charge in [-0.3, -0.25) is 0 Å². The van der Waals surface area contributed by atoms with Crippen LogP contribution in [0.4, 0.5) is 0 Å². The summed E-state index contributed by atoms with van der Waals surface area (Å²) in [4.78, 5) is 8.87. The van der Waals surface area contributed by atoms with E-state index >= 15 is 0 Å². The number of rotatable bonds is 5. The molecule has 0 unspecified atom stereocenters. The Labute approximate surface area is 326 Å². The zero-order valence-electron chi connectivity index (χ0n) is 49.0. The fraction of sp³-hybridized carbons (Fsp3) is 0. The van der Waals surface area contributed by atoms with Gasteiger partial charge in [-0.1, -0.05) is 133 Å². The van der Waals surface area contributed by atoms with Gasteiger partial charge in [0.25, 0.3) is 0 Å². The molecule has 0 aliphatic heterocycles. The van der Waals surface area contributed by atoms with Crippen molar-refractivity contribution < 1.29 is 37.3 Å². The normalized spacial score (nSPS) is 18.3. The maximum absolute atomic E-state index is 9.55.